The third-order valence-corrected chi connectivity index (χ3v) is 3.08. The number of fused-ring (bicyclic) bond motifs is 1. The van der Waals surface area contributed by atoms with Crippen molar-refractivity contribution in [1.82, 2.24) is 10.2 Å². The Bertz CT molecular complexity index is 755. The van der Waals surface area contributed by atoms with Gasteiger partial charge >= 0.3 is 0 Å². The van der Waals surface area contributed by atoms with E-state index < -0.39 is 0 Å². The smallest absolute Gasteiger partial charge is 0.197 e. The molecule has 0 aliphatic heterocycles. The van der Waals surface area contributed by atoms with Crippen molar-refractivity contribution < 1.29 is 9.21 Å². The van der Waals surface area contributed by atoms with Gasteiger partial charge in [-0.05, 0) is 30.3 Å². The van der Waals surface area contributed by atoms with Crippen LogP contribution in [0.1, 0.15) is 23.9 Å². The molecule has 0 radical (unpaired) electrons. The SMILES string of the molecule is CCC(=O)c1ccc(-c2ccc3[nH]nc(N)c3c2)o1. The number of Topliss-reactive ketones (excluding diaryl/α,β-unsaturated/α-hetero) is 1. The number of benzene rings is 1. The number of nitrogens with one attached hydrogen (secondary N) is 1. The predicted molar refractivity (Wildman–Crippen MR) is 72.8 cm³/mol. The van der Waals surface area contributed by atoms with Crippen LogP contribution in [0.25, 0.3) is 22.2 Å². The predicted octanol–water partition coefficient (Wildman–Crippen LogP) is 3.00. The number of aromatic amines is 1. The molecule has 0 atom stereocenters. The quantitative estimate of drug-likeness (QED) is 0.704. The van der Waals surface area contributed by atoms with E-state index in [-0.39, 0.29) is 5.78 Å². The molecular formula is C14H13N3O2. The number of nitrogens with two attached hydrogens (primary N) is 1. The van der Waals surface area contributed by atoms with Gasteiger partial charge in [0.2, 0.25) is 0 Å². The van der Waals surface area contributed by atoms with Crippen LogP contribution >= 0.6 is 0 Å². The lowest BCUT2D eigenvalue weighted by atomic mass is 10.1. The Hall–Kier alpha value is -2.56. The maximum atomic E-state index is 11.6. The van der Waals surface area contributed by atoms with Gasteiger partial charge < -0.3 is 10.2 Å². The van der Waals surface area contributed by atoms with Gasteiger partial charge in [0.15, 0.2) is 17.4 Å². The number of ketones is 1. The molecule has 5 heteroatoms. The van der Waals surface area contributed by atoms with Crippen molar-refractivity contribution in [3.63, 3.8) is 0 Å². The van der Waals surface area contributed by atoms with E-state index in [1.54, 1.807) is 12.1 Å². The number of furan rings is 1. The number of aromatic nitrogens is 2. The van der Waals surface area contributed by atoms with Crippen LogP contribution in [0.5, 0.6) is 0 Å². The maximum absolute atomic E-state index is 11.6. The monoisotopic (exact) mass is 255 g/mol. The normalized spacial score (nSPS) is 11.0. The van der Waals surface area contributed by atoms with Crippen molar-refractivity contribution in [3.05, 3.63) is 36.1 Å². The van der Waals surface area contributed by atoms with Gasteiger partial charge in [0.25, 0.3) is 0 Å². The van der Waals surface area contributed by atoms with Gasteiger partial charge in [-0.25, -0.2) is 0 Å². The Morgan fingerprint density at radius 2 is 2.21 bits per heavy atom. The third kappa shape index (κ3) is 1.89. The van der Waals surface area contributed by atoms with Crippen LogP contribution in [-0.2, 0) is 0 Å². The summed E-state index contributed by atoms with van der Waals surface area (Å²) in [5, 5.41) is 7.63. The molecule has 0 saturated carbocycles. The second-order valence-electron chi connectivity index (χ2n) is 4.31. The highest BCUT2D eigenvalue weighted by molar-refractivity contribution is 5.94. The summed E-state index contributed by atoms with van der Waals surface area (Å²) in [5.74, 6) is 1.49. The summed E-state index contributed by atoms with van der Waals surface area (Å²) in [6.45, 7) is 1.81. The Labute approximate surface area is 109 Å². The zero-order valence-corrected chi connectivity index (χ0v) is 10.4. The summed E-state index contributed by atoms with van der Waals surface area (Å²) < 4.78 is 5.57. The molecule has 0 saturated heterocycles. The van der Waals surface area contributed by atoms with E-state index in [1.165, 1.54) is 0 Å². The van der Waals surface area contributed by atoms with E-state index in [1.807, 2.05) is 25.1 Å². The second-order valence-corrected chi connectivity index (χ2v) is 4.31. The number of carbonyl (C=O) groups is 1. The molecule has 0 bridgehead atoms. The van der Waals surface area contributed by atoms with Crippen LogP contribution < -0.4 is 5.73 Å². The molecule has 0 fully saturated rings. The molecule has 3 N–H and O–H groups in total. The molecule has 96 valence electrons. The van der Waals surface area contributed by atoms with Crippen molar-refractivity contribution in [2.45, 2.75) is 13.3 Å². The lowest BCUT2D eigenvalue weighted by Gasteiger charge is -1.98. The molecule has 1 aromatic carbocycles. The average Bonchev–Trinajstić information content (AvgIpc) is 3.05. The van der Waals surface area contributed by atoms with E-state index in [2.05, 4.69) is 10.2 Å². The molecule has 3 aromatic rings. The number of carbonyl (C=O) groups excluding carboxylic acids is 1. The highest BCUT2D eigenvalue weighted by Gasteiger charge is 2.11. The number of H-pyrrole nitrogens is 1. The van der Waals surface area contributed by atoms with E-state index in [9.17, 15) is 4.79 Å². The van der Waals surface area contributed by atoms with E-state index in [0.717, 1.165) is 16.5 Å². The highest BCUT2D eigenvalue weighted by atomic mass is 16.3. The lowest BCUT2D eigenvalue weighted by Crippen LogP contribution is -1.92. The molecule has 0 amide bonds. The maximum Gasteiger partial charge on any atom is 0.197 e. The first-order valence-corrected chi connectivity index (χ1v) is 6.06. The number of anilines is 1. The minimum absolute atomic E-state index is 0.00449. The zero-order chi connectivity index (χ0) is 13.4. The summed E-state index contributed by atoms with van der Waals surface area (Å²) in [5.41, 5.74) is 7.51. The minimum atomic E-state index is -0.00449. The Balaban J connectivity index is 2.06. The highest BCUT2D eigenvalue weighted by Crippen LogP contribution is 2.27. The molecule has 0 unspecified atom stereocenters. The first kappa shape index (κ1) is 11.5. The van der Waals surface area contributed by atoms with E-state index in [4.69, 9.17) is 10.2 Å². The number of hydrogen-bond acceptors (Lipinski definition) is 4. The van der Waals surface area contributed by atoms with Crippen molar-refractivity contribution >= 4 is 22.5 Å². The van der Waals surface area contributed by atoms with Gasteiger partial charge in [-0.2, -0.15) is 5.10 Å². The van der Waals surface area contributed by atoms with Crippen LogP contribution in [0.3, 0.4) is 0 Å². The molecule has 0 aliphatic carbocycles. The minimum Gasteiger partial charge on any atom is -0.453 e. The fourth-order valence-electron chi connectivity index (χ4n) is 2.00. The molecule has 3 rings (SSSR count). The van der Waals surface area contributed by atoms with E-state index >= 15 is 0 Å². The molecule has 2 aromatic heterocycles. The summed E-state index contributed by atoms with van der Waals surface area (Å²) in [4.78, 5) is 11.6. The summed E-state index contributed by atoms with van der Waals surface area (Å²) in [6.07, 6.45) is 0.431. The lowest BCUT2D eigenvalue weighted by molar-refractivity contribution is 0.0962. The number of rotatable bonds is 3. The molecular weight excluding hydrogens is 242 g/mol. The zero-order valence-electron chi connectivity index (χ0n) is 10.4. The Kier molecular flexibility index (Phi) is 2.59. The first-order chi connectivity index (χ1) is 9.19. The van der Waals surface area contributed by atoms with Gasteiger partial charge in [0.05, 0.1) is 5.52 Å². The summed E-state index contributed by atoms with van der Waals surface area (Å²) in [6, 6.07) is 9.18. The third-order valence-electron chi connectivity index (χ3n) is 3.08. The fourth-order valence-corrected chi connectivity index (χ4v) is 2.00. The van der Waals surface area contributed by atoms with Crippen LogP contribution in [0, 0.1) is 0 Å². The Morgan fingerprint density at radius 3 is 3.00 bits per heavy atom. The molecule has 0 aliphatic rings. The molecule has 19 heavy (non-hydrogen) atoms. The molecule has 5 nitrogen and oxygen atoms in total. The number of hydrogen-bond donors (Lipinski definition) is 2. The van der Waals surface area contributed by atoms with Crippen molar-refractivity contribution in [2.24, 2.45) is 0 Å². The van der Waals surface area contributed by atoms with Crippen molar-refractivity contribution in [2.75, 3.05) is 5.73 Å². The number of nitrogens with zero attached hydrogens (tertiary/aromatic N) is 1. The number of nitrogen functional groups attached to an aromatic ring is 1. The average molecular weight is 255 g/mol. The first-order valence-electron chi connectivity index (χ1n) is 6.06. The van der Waals surface area contributed by atoms with Gasteiger partial charge in [0.1, 0.15) is 5.76 Å². The second kappa shape index (κ2) is 4.28. The fraction of sp³-hybridized carbons (Fsp3) is 0.143. The van der Waals surface area contributed by atoms with Crippen molar-refractivity contribution in [3.8, 4) is 11.3 Å². The van der Waals surface area contributed by atoms with Gasteiger partial charge in [-0.3, -0.25) is 9.89 Å². The Morgan fingerprint density at radius 1 is 1.37 bits per heavy atom. The van der Waals surface area contributed by atoms with Crippen LogP contribution in [-0.4, -0.2) is 16.0 Å². The van der Waals surface area contributed by atoms with E-state index in [0.29, 0.717) is 23.8 Å². The van der Waals surface area contributed by atoms with Crippen LogP contribution in [0.15, 0.2) is 34.7 Å². The standard InChI is InChI=1S/C14H13N3O2/c1-2-11(18)13-6-5-12(19-13)8-3-4-10-9(7-8)14(15)17-16-10/h3-7H,2H2,1H3,(H3,15,16,17). The molecule has 0 spiro atoms. The summed E-state index contributed by atoms with van der Waals surface area (Å²) >= 11 is 0. The van der Waals surface area contributed by atoms with Crippen molar-refractivity contribution in [1.29, 1.82) is 0 Å². The van der Waals surface area contributed by atoms with Crippen LogP contribution in [0.4, 0.5) is 5.82 Å². The largest absolute Gasteiger partial charge is 0.453 e. The van der Waals surface area contributed by atoms with Crippen LogP contribution in [0.2, 0.25) is 0 Å². The molecule has 2 heterocycles. The summed E-state index contributed by atoms with van der Waals surface area (Å²) in [7, 11) is 0. The van der Waals surface area contributed by atoms with Gasteiger partial charge in [-0.1, -0.05) is 6.92 Å². The van der Waals surface area contributed by atoms with Gasteiger partial charge in [0, 0.05) is 17.4 Å². The van der Waals surface area contributed by atoms with Gasteiger partial charge in [-0.15, -0.1) is 0 Å². The topological polar surface area (TPSA) is 84.9 Å².